The zero-order chi connectivity index (χ0) is 23.5. The minimum absolute atomic E-state index is 0.115. The van der Waals surface area contributed by atoms with Crippen LogP contribution in [0.25, 0.3) is 5.95 Å². The number of hydrogen-bond donors (Lipinski definition) is 0. The van der Waals surface area contributed by atoms with Crippen LogP contribution in [-0.2, 0) is 11.2 Å². The fourth-order valence-corrected chi connectivity index (χ4v) is 4.36. The lowest BCUT2D eigenvalue weighted by Crippen LogP contribution is -2.36. The molecule has 8 heteroatoms. The average molecular weight is 444 g/mol. The standard InChI is InChI=1S/C25H29N7O/c1-17-14-18(2)28-25(27-17)32-20(4)23(19(3)29-32)15-24(33)31-11-5-10-30(12-13-31)22-8-6-21(16-26)7-9-22/h6-9,14H,5,10-13,15H2,1-4H3. The maximum Gasteiger partial charge on any atom is 0.251 e. The molecule has 1 saturated heterocycles. The minimum Gasteiger partial charge on any atom is -0.370 e. The second-order valence-corrected chi connectivity index (χ2v) is 8.57. The van der Waals surface area contributed by atoms with Gasteiger partial charge in [-0.3, -0.25) is 4.79 Å². The summed E-state index contributed by atoms with van der Waals surface area (Å²) in [4.78, 5) is 26.5. The molecule has 0 radical (unpaired) electrons. The molecular weight excluding hydrogens is 414 g/mol. The fraction of sp³-hybridized carbons (Fsp3) is 0.400. The van der Waals surface area contributed by atoms with Crippen molar-refractivity contribution >= 4 is 11.6 Å². The van der Waals surface area contributed by atoms with Gasteiger partial charge in [0.2, 0.25) is 5.91 Å². The van der Waals surface area contributed by atoms with Crippen LogP contribution in [0.15, 0.2) is 30.3 Å². The summed E-state index contributed by atoms with van der Waals surface area (Å²) >= 11 is 0. The molecule has 0 spiro atoms. The summed E-state index contributed by atoms with van der Waals surface area (Å²) in [5.74, 6) is 0.656. The van der Waals surface area contributed by atoms with E-state index in [0.29, 0.717) is 24.5 Å². The largest absolute Gasteiger partial charge is 0.370 e. The van der Waals surface area contributed by atoms with Crippen molar-refractivity contribution in [1.29, 1.82) is 5.26 Å². The van der Waals surface area contributed by atoms with Crippen LogP contribution in [0.2, 0.25) is 0 Å². The van der Waals surface area contributed by atoms with Gasteiger partial charge < -0.3 is 9.80 Å². The van der Waals surface area contributed by atoms with Gasteiger partial charge in [-0.25, -0.2) is 14.6 Å². The summed E-state index contributed by atoms with van der Waals surface area (Å²) < 4.78 is 1.74. The van der Waals surface area contributed by atoms with Crippen LogP contribution in [0.1, 0.15) is 40.3 Å². The highest BCUT2D eigenvalue weighted by Gasteiger charge is 2.23. The maximum atomic E-state index is 13.2. The number of amides is 1. The van der Waals surface area contributed by atoms with E-state index in [1.54, 1.807) is 4.68 Å². The molecule has 8 nitrogen and oxygen atoms in total. The van der Waals surface area contributed by atoms with Crippen molar-refractivity contribution < 1.29 is 4.79 Å². The molecule has 0 bridgehead atoms. The SMILES string of the molecule is Cc1cc(C)nc(-n2nc(C)c(CC(=O)N3CCCN(c4ccc(C#N)cc4)CC3)c2C)n1. The van der Waals surface area contributed by atoms with Crippen LogP contribution in [0.4, 0.5) is 5.69 Å². The first-order valence-electron chi connectivity index (χ1n) is 11.3. The quantitative estimate of drug-likeness (QED) is 0.616. The number of hydrogen-bond acceptors (Lipinski definition) is 6. The maximum absolute atomic E-state index is 13.2. The first kappa shape index (κ1) is 22.5. The Kier molecular flexibility index (Phi) is 6.40. The number of carbonyl (C=O) groups is 1. The molecule has 1 fully saturated rings. The van der Waals surface area contributed by atoms with Crippen molar-refractivity contribution in [3.05, 3.63) is 64.2 Å². The van der Waals surface area contributed by atoms with Crippen molar-refractivity contribution in [3.63, 3.8) is 0 Å². The van der Waals surface area contributed by atoms with Gasteiger partial charge in [-0.2, -0.15) is 10.4 Å². The molecule has 33 heavy (non-hydrogen) atoms. The van der Waals surface area contributed by atoms with Crippen molar-refractivity contribution in [3.8, 4) is 12.0 Å². The van der Waals surface area contributed by atoms with E-state index in [0.717, 1.165) is 60.1 Å². The van der Waals surface area contributed by atoms with Gasteiger partial charge in [0.05, 0.1) is 23.7 Å². The van der Waals surface area contributed by atoms with E-state index in [2.05, 4.69) is 26.0 Å². The van der Waals surface area contributed by atoms with Gasteiger partial charge >= 0.3 is 0 Å². The Morgan fingerprint density at radius 3 is 2.36 bits per heavy atom. The van der Waals surface area contributed by atoms with Crippen molar-refractivity contribution in [2.45, 2.75) is 40.5 Å². The molecule has 4 rings (SSSR count). The molecule has 0 aliphatic carbocycles. The summed E-state index contributed by atoms with van der Waals surface area (Å²) in [6, 6.07) is 11.7. The Balaban J connectivity index is 1.46. The van der Waals surface area contributed by atoms with Gasteiger partial charge in [0.15, 0.2) is 0 Å². The number of nitriles is 1. The number of carbonyl (C=O) groups excluding carboxylic acids is 1. The van der Waals surface area contributed by atoms with E-state index in [1.807, 2.05) is 62.9 Å². The van der Waals surface area contributed by atoms with Crippen LogP contribution in [0, 0.1) is 39.0 Å². The highest BCUT2D eigenvalue weighted by atomic mass is 16.2. The second kappa shape index (κ2) is 9.41. The predicted molar refractivity (Wildman–Crippen MR) is 126 cm³/mol. The van der Waals surface area contributed by atoms with Gasteiger partial charge in [-0.05, 0) is 64.4 Å². The van der Waals surface area contributed by atoms with Crippen molar-refractivity contribution in [2.75, 3.05) is 31.1 Å². The van der Waals surface area contributed by atoms with Crippen LogP contribution >= 0.6 is 0 Å². The molecule has 1 aromatic carbocycles. The third kappa shape index (κ3) is 4.87. The minimum atomic E-state index is 0.115. The monoisotopic (exact) mass is 443 g/mol. The summed E-state index contributed by atoms with van der Waals surface area (Å²) in [5, 5.41) is 13.6. The molecule has 3 heterocycles. The Bertz CT molecular complexity index is 1190. The summed E-state index contributed by atoms with van der Waals surface area (Å²) in [6.07, 6.45) is 1.22. The number of benzene rings is 1. The lowest BCUT2D eigenvalue weighted by Gasteiger charge is -2.24. The van der Waals surface area contributed by atoms with Gasteiger partial charge in [0.1, 0.15) is 0 Å². The summed E-state index contributed by atoms with van der Waals surface area (Å²) in [7, 11) is 0. The molecule has 1 aliphatic heterocycles. The molecule has 170 valence electrons. The lowest BCUT2D eigenvalue weighted by molar-refractivity contribution is -0.130. The van der Waals surface area contributed by atoms with Crippen LogP contribution in [-0.4, -0.2) is 56.7 Å². The zero-order valence-electron chi connectivity index (χ0n) is 19.7. The molecular formula is C25H29N7O. The second-order valence-electron chi connectivity index (χ2n) is 8.57. The number of aryl methyl sites for hydroxylation is 3. The summed E-state index contributed by atoms with van der Waals surface area (Å²) in [5.41, 5.74) is 6.19. The zero-order valence-corrected chi connectivity index (χ0v) is 19.7. The molecule has 0 unspecified atom stereocenters. The Morgan fingerprint density at radius 2 is 1.70 bits per heavy atom. The average Bonchev–Trinajstić information content (AvgIpc) is 2.97. The van der Waals surface area contributed by atoms with Crippen molar-refractivity contribution in [2.24, 2.45) is 0 Å². The van der Waals surface area contributed by atoms with Gasteiger partial charge in [-0.15, -0.1) is 0 Å². The van der Waals surface area contributed by atoms with Crippen molar-refractivity contribution in [1.82, 2.24) is 24.6 Å². The molecule has 1 aliphatic rings. The molecule has 0 atom stereocenters. The summed E-state index contributed by atoms with van der Waals surface area (Å²) in [6.45, 7) is 10.8. The Hall–Kier alpha value is -3.73. The molecule has 1 amide bonds. The van der Waals surface area contributed by atoms with E-state index < -0.39 is 0 Å². The van der Waals surface area contributed by atoms with E-state index in [9.17, 15) is 4.79 Å². The molecule has 2 aromatic heterocycles. The third-order valence-electron chi connectivity index (χ3n) is 6.14. The van der Waals surface area contributed by atoms with Gasteiger partial charge in [0, 0.05) is 54.5 Å². The molecule has 3 aromatic rings. The van der Waals surface area contributed by atoms with Crippen LogP contribution in [0.5, 0.6) is 0 Å². The number of aromatic nitrogens is 4. The normalized spacial score (nSPS) is 14.2. The fourth-order valence-electron chi connectivity index (χ4n) is 4.36. The number of nitrogens with zero attached hydrogens (tertiary/aromatic N) is 7. The predicted octanol–water partition coefficient (Wildman–Crippen LogP) is 3.05. The first-order valence-corrected chi connectivity index (χ1v) is 11.3. The number of anilines is 1. The third-order valence-corrected chi connectivity index (χ3v) is 6.14. The highest BCUT2D eigenvalue weighted by molar-refractivity contribution is 5.79. The van der Waals surface area contributed by atoms with E-state index in [4.69, 9.17) is 5.26 Å². The van der Waals surface area contributed by atoms with Crippen LogP contribution < -0.4 is 4.90 Å². The highest BCUT2D eigenvalue weighted by Crippen LogP contribution is 2.20. The topological polar surface area (TPSA) is 90.9 Å². The molecule has 0 N–H and O–H groups in total. The van der Waals surface area contributed by atoms with E-state index >= 15 is 0 Å². The van der Waals surface area contributed by atoms with E-state index in [-0.39, 0.29) is 5.91 Å². The molecule has 0 saturated carbocycles. The van der Waals surface area contributed by atoms with E-state index in [1.165, 1.54) is 0 Å². The Morgan fingerprint density at radius 1 is 1.00 bits per heavy atom. The lowest BCUT2D eigenvalue weighted by atomic mass is 10.1. The van der Waals surface area contributed by atoms with Gasteiger partial charge in [0.25, 0.3) is 5.95 Å². The van der Waals surface area contributed by atoms with Crippen LogP contribution in [0.3, 0.4) is 0 Å². The Labute approximate surface area is 194 Å². The smallest absolute Gasteiger partial charge is 0.251 e. The first-order chi connectivity index (χ1) is 15.9. The number of rotatable bonds is 4. The van der Waals surface area contributed by atoms with Gasteiger partial charge in [-0.1, -0.05) is 0 Å².